The highest BCUT2D eigenvalue weighted by atomic mass is 32.2. The van der Waals surface area contributed by atoms with Crippen molar-refractivity contribution >= 4 is 41.2 Å². The first-order valence-electron chi connectivity index (χ1n) is 9.93. The van der Waals surface area contributed by atoms with E-state index < -0.39 is 0 Å². The fraction of sp³-hybridized carbons (Fsp3) is 0.0800. The van der Waals surface area contributed by atoms with Gasteiger partial charge in [0.05, 0.1) is 24.8 Å². The van der Waals surface area contributed by atoms with E-state index in [1.165, 1.54) is 11.8 Å². The van der Waals surface area contributed by atoms with Crippen molar-refractivity contribution in [3.8, 4) is 5.75 Å². The Hall–Kier alpha value is -3.84. The van der Waals surface area contributed by atoms with Crippen LogP contribution in [0, 0.1) is 0 Å². The minimum absolute atomic E-state index is 0.143. The first-order valence-corrected chi connectivity index (χ1v) is 10.7. The summed E-state index contributed by atoms with van der Waals surface area (Å²) in [6.45, 7) is 0.285. The number of carbonyl (C=O) groups is 1. The number of rotatable bonds is 7. The lowest BCUT2D eigenvalue weighted by molar-refractivity contribution is -0.122. The molecular formula is C25H21N3O3S. The van der Waals surface area contributed by atoms with Crippen molar-refractivity contribution in [1.29, 1.82) is 0 Å². The van der Waals surface area contributed by atoms with E-state index in [1.807, 2.05) is 78.9 Å². The third-order valence-corrected chi connectivity index (χ3v) is 5.58. The molecule has 3 aromatic rings. The number of hydrogen-bond donors (Lipinski definition) is 0. The molecule has 1 aromatic heterocycles. The number of ether oxygens (including phenoxy) is 1. The number of carbonyl (C=O) groups excluding carboxylic acids is 1. The Kier molecular flexibility index (Phi) is 6.99. The topological polar surface area (TPSA) is 67.4 Å². The zero-order chi connectivity index (χ0) is 22.2. The molecule has 0 saturated carbocycles. The first-order chi connectivity index (χ1) is 15.7. The van der Waals surface area contributed by atoms with Gasteiger partial charge in [0.1, 0.15) is 11.5 Å². The van der Waals surface area contributed by atoms with Gasteiger partial charge >= 0.3 is 0 Å². The maximum Gasteiger partial charge on any atom is 0.267 e. The summed E-state index contributed by atoms with van der Waals surface area (Å²) in [7, 11) is 1.62. The second kappa shape index (κ2) is 10.5. The Bertz CT molecular complexity index is 1160. The fourth-order valence-electron chi connectivity index (χ4n) is 2.97. The maximum atomic E-state index is 13.1. The average Bonchev–Trinajstić information content (AvgIpc) is 3.44. The predicted octanol–water partition coefficient (Wildman–Crippen LogP) is 5.46. The highest BCUT2D eigenvalue weighted by Gasteiger charge is 2.34. The van der Waals surface area contributed by atoms with Crippen molar-refractivity contribution in [3.05, 3.63) is 101 Å². The molecule has 0 bridgehead atoms. The summed E-state index contributed by atoms with van der Waals surface area (Å²) in [6.07, 6.45) is 8.77. The summed E-state index contributed by atoms with van der Waals surface area (Å²) in [5, 5.41) is 8.92. The zero-order valence-corrected chi connectivity index (χ0v) is 18.2. The van der Waals surface area contributed by atoms with E-state index in [2.05, 4.69) is 10.2 Å². The standard InChI is InChI=1S/C25H21N3O3S/c1-30-21-13-11-20(12-14-21)17-23-24(29)28(18-22-10-6-16-31-22)25(32-23)27-26-15-5-9-19-7-3-2-4-8-19/h2-17H,18H2,1H3/b9-5+,23-17-,26-15+,27-25-. The molecule has 0 spiro atoms. The molecule has 0 radical (unpaired) electrons. The number of benzene rings is 2. The Morgan fingerprint density at radius 1 is 1.03 bits per heavy atom. The normalized spacial score (nSPS) is 16.8. The predicted molar refractivity (Wildman–Crippen MR) is 129 cm³/mol. The monoisotopic (exact) mass is 443 g/mol. The molecule has 1 saturated heterocycles. The van der Waals surface area contributed by atoms with Crippen molar-refractivity contribution in [2.75, 3.05) is 7.11 Å². The van der Waals surface area contributed by atoms with Crippen LogP contribution in [0.25, 0.3) is 12.2 Å². The third-order valence-electron chi connectivity index (χ3n) is 4.58. The molecule has 2 heterocycles. The van der Waals surface area contributed by atoms with Gasteiger partial charge in [-0.2, -0.15) is 5.10 Å². The van der Waals surface area contributed by atoms with Crippen molar-refractivity contribution in [2.24, 2.45) is 10.2 Å². The largest absolute Gasteiger partial charge is 0.497 e. The molecule has 7 heteroatoms. The lowest BCUT2D eigenvalue weighted by Gasteiger charge is -2.12. The number of methoxy groups -OCH3 is 1. The summed E-state index contributed by atoms with van der Waals surface area (Å²) in [6, 6.07) is 21.1. The number of nitrogens with zero attached hydrogens (tertiary/aromatic N) is 3. The third kappa shape index (κ3) is 5.44. The van der Waals surface area contributed by atoms with Crippen LogP contribution in [0.3, 0.4) is 0 Å². The van der Waals surface area contributed by atoms with Crippen molar-refractivity contribution < 1.29 is 13.9 Å². The first kappa shape index (κ1) is 21.4. The number of amidine groups is 1. The van der Waals surface area contributed by atoms with Gasteiger partial charge in [-0.25, -0.2) is 0 Å². The molecule has 0 unspecified atom stereocenters. The highest BCUT2D eigenvalue weighted by molar-refractivity contribution is 8.18. The molecule has 1 fully saturated rings. The van der Waals surface area contributed by atoms with Crippen LogP contribution in [-0.4, -0.2) is 29.3 Å². The Morgan fingerprint density at radius 3 is 2.56 bits per heavy atom. The lowest BCUT2D eigenvalue weighted by atomic mass is 10.2. The molecule has 1 amide bonds. The second-order valence-electron chi connectivity index (χ2n) is 6.77. The number of furan rings is 1. The van der Waals surface area contributed by atoms with Gasteiger partial charge in [0.2, 0.25) is 0 Å². The van der Waals surface area contributed by atoms with Crippen LogP contribution in [0.5, 0.6) is 5.75 Å². The average molecular weight is 444 g/mol. The molecule has 6 nitrogen and oxygen atoms in total. The fourth-order valence-corrected chi connectivity index (χ4v) is 3.91. The van der Waals surface area contributed by atoms with Crippen LogP contribution in [0.4, 0.5) is 0 Å². The molecule has 160 valence electrons. The summed E-state index contributed by atoms with van der Waals surface area (Å²) in [5.74, 6) is 1.29. The maximum absolute atomic E-state index is 13.1. The summed E-state index contributed by atoms with van der Waals surface area (Å²) < 4.78 is 10.6. The molecule has 0 atom stereocenters. The molecule has 1 aliphatic heterocycles. The Labute approximate surface area is 190 Å². The van der Waals surface area contributed by atoms with Crippen LogP contribution in [-0.2, 0) is 11.3 Å². The number of amides is 1. The van der Waals surface area contributed by atoms with E-state index >= 15 is 0 Å². The van der Waals surface area contributed by atoms with Crippen LogP contribution in [0.1, 0.15) is 16.9 Å². The summed E-state index contributed by atoms with van der Waals surface area (Å²) in [5.41, 5.74) is 1.97. The SMILES string of the molecule is COc1ccc(/C=C2\S\C(=N/N=C/C=C/c3ccccc3)N(Cc3ccco3)C2=O)cc1. The van der Waals surface area contributed by atoms with Gasteiger partial charge in [-0.1, -0.05) is 48.5 Å². The van der Waals surface area contributed by atoms with Gasteiger partial charge in [-0.15, -0.1) is 5.10 Å². The van der Waals surface area contributed by atoms with Gasteiger partial charge in [-0.3, -0.25) is 9.69 Å². The minimum atomic E-state index is -0.143. The van der Waals surface area contributed by atoms with Gasteiger partial charge in [-0.05, 0) is 59.3 Å². The molecule has 0 N–H and O–H groups in total. The molecule has 1 aliphatic rings. The molecular weight excluding hydrogens is 422 g/mol. The van der Waals surface area contributed by atoms with E-state index in [-0.39, 0.29) is 12.5 Å². The minimum Gasteiger partial charge on any atom is -0.497 e. The molecule has 32 heavy (non-hydrogen) atoms. The lowest BCUT2D eigenvalue weighted by Crippen LogP contribution is -2.28. The smallest absolute Gasteiger partial charge is 0.267 e. The highest BCUT2D eigenvalue weighted by Crippen LogP contribution is 2.34. The number of allylic oxidation sites excluding steroid dienone is 1. The van der Waals surface area contributed by atoms with Gasteiger partial charge in [0.25, 0.3) is 5.91 Å². The van der Waals surface area contributed by atoms with Crippen LogP contribution in [0.2, 0.25) is 0 Å². The van der Waals surface area contributed by atoms with Gasteiger partial charge in [0, 0.05) is 6.21 Å². The molecule has 4 rings (SSSR count). The number of hydrogen-bond acceptors (Lipinski definition) is 6. The van der Waals surface area contributed by atoms with Gasteiger partial charge < -0.3 is 9.15 Å². The van der Waals surface area contributed by atoms with Crippen LogP contribution in [0.15, 0.2) is 98.6 Å². The van der Waals surface area contributed by atoms with Crippen LogP contribution >= 0.6 is 11.8 Å². The van der Waals surface area contributed by atoms with Crippen molar-refractivity contribution in [1.82, 2.24) is 4.90 Å². The van der Waals surface area contributed by atoms with Crippen molar-refractivity contribution in [2.45, 2.75) is 6.54 Å². The molecule has 0 aliphatic carbocycles. The van der Waals surface area contributed by atoms with E-state index in [0.29, 0.717) is 15.8 Å². The zero-order valence-electron chi connectivity index (χ0n) is 17.4. The quantitative estimate of drug-likeness (QED) is 0.276. The van der Waals surface area contributed by atoms with E-state index in [1.54, 1.807) is 30.6 Å². The second-order valence-corrected chi connectivity index (χ2v) is 7.78. The van der Waals surface area contributed by atoms with Gasteiger partial charge in [0.15, 0.2) is 5.17 Å². The van der Waals surface area contributed by atoms with Crippen molar-refractivity contribution in [3.63, 3.8) is 0 Å². The summed E-state index contributed by atoms with van der Waals surface area (Å²) in [4.78, 5) is 15.2. The number of thioether (sulfide) groups is 1. The molecule has 2 aromatic carbocycles. The Morgan fingerprint density at radius 2 is 1.84 bits per heavy atom. The van der Waals surface area contributed by atoms with E-state index in [0.717, 1.165) is 16.9 Å². The Balaban J connectivity index is 1.54. The summed E-state index contributed by atoms with van der Waals surface area (Å²) >= 11 is 1.28. The van der Waals surface area contributed by atoms with E-state index in [4.69, 9.17) is 9.15 Å². The van der Waals surface area contributed by atoms with E-state index in [9.17, 15) is 4.79 Å². The van der Waals surface area contributed by atoms with Crippen LogP contribution < -0.4 is 4.74 Å².